The minimum absolute atomic E-state index is 0.168. The summed E-state index contributed by atoms with van der Waals surface area (Å²) in [5.74, 6) is 0.885. The molecule has 0 aromatic heterocycles. The molecule has 0 spiro atoms. The fourth-order valence-corrected chi connectivity index (χ4v) is 2.51. The number of para-hydroxylation sites is 2. The molecule has 2 aromatic rings. The second kappa shape index (κ2) is 6.74. The third-order valence-corrected chi connectivity index (χ3v) is 4.06. The van der Waals surface area contributed by atoms with Crippen molar-refractivity contribution in [2.24, 2.45) is 5.10 Å². The van der Waals surface area contributed by atoms with Crippen molar-refractivity contribution in [3.63, 3.8) is 0 Å². The molecule has 5 heteroatoms. The van der Waals surface area contributed by atoms with Crippen LogP contribution in [0, 0.1) is 20.8 Å². The maximum absolute atomic E-state index is 12.2. The number of nitrogens with zero attached hydrogens (tertiary/aromatic N) is 1. The molecular formula is C19H20N2O3. The van der Waals surface area contributed by atoms with Crippen molar-refractivity contribution in [1.82, 2.24) is 5.43 Å². The summed E-state index contributed by atoms with van der Waals surface area (Å²) in [6, 6.07) is 11.4. The minimum atomic E-state index is -0.710. The number of hydrogen-bond donors (Lipinski definition) is 1. The first-order valence-corrected chi connectivity index (χ1v) is 7.84. The molecule has 1 amide bonds. The van der Waals surface area contributed by atoms with Crippen molar-refractivity contribution >= 4 is 12.1 Å². The number of rotatable bonds is 3. The molecule has 3 rings (SSSR count). The first-order valence-electron chi connectivity index (χ1n) is 7.84. The van der Waals surface area contributed by atoms with Crippen LogP contribution in [0.2, 0.25) is 0 Å². The van der Waals surface area contributed by atoms with Gasteiger partial charge in [-0.3, -0.25) is 4.79 Å². The second-order valence-corrected chi connectivity index (χ2v) is 5.89. The number of hydrogen-bond acceptors (Lipinski definition) is 4. The van der Waals surface area contributed by atoms with E-state index in [9.17, 15) is 4.79 Å². The van der Waals surface area contributed by atoms with Gasteiger partial charge in [-0.1, -0.05) is 18.2 Å². The number of ether oxygens (including phenoxy) is 2. The molecule has 0 radical (unpaired) electrons. The van der Waals surface area contributed by atoms with Gasteiger partial charge in [0.05, 0.1) is 6.21 Å². The van der Waals surface area contributed by atoms with E-state index in [1.807, 2.05) is 25.1 Å². The molecule has 1 aliphatic rings. The van der Waals surface area contributed by atoms with E-state index in [0.29, 0.717) is 11.5 Å². The molecular weight excluding hydrogens is 304 g/mol. The molecule has 1 heterocycles. The fourth-order valence-electron chi connectivity index (χ4n) is 2.51. The molecule has 0 saturated carbocycles. The fraction of sp³-hybridized carbons (Fsp3) is 0.263. The van der Waals surface area contributed by atoms with Crippen LogP contribution in [0.5, 0.6) is 11.5 Å². The lowest BCUT2D eigenvalue weighted by molar-refractivity contribution is -0.130. The number of nitrogens with one attached hydrogen (secondary N) is 1. The summed E-state index contributed by atoms with van der Waals surface area (Å²) < 4.78 is 11.2. The number of amides is 1. The Morgan fingerprint density at radius 3 is 2.62 bits per heavy atom. The average Bonchev–Trinajstić information content (AvgIpc) is 2.58. The van der Waals surface area contributed by atoms with Gasteiger partial charge in [-0.25, -0.2) is 5.43 Å². The summed E-state index contributed by atoms with van der Waals surface area (Å²) in [5, 5.41) is 4.04. The van der Waals surface area contributed by atoms with E-state index in [-0.39, 0.29) is 12.5 Å². The molecule has 1 N–H and O–H groups in total. The highest BCUT2D eigenvalue weighted by molar-refractivity contribution is 5.86. The first kappa shape index (κ1) is 16.1. The number of carbonyl (C=O) groups excluding carboxylic acids is 1. The van der Waals surface area contributed by atoms with Crippen molar-refractivity contribution in [3.05, 3.63) is 58.7 Å². The predicted octanol–water partition coefficient (Wildman–Crippen LogP) is 2.90. The molecule has 0 unspecified atom stereocenters. The summed E-state index contributed by atoms with van der Waals surface area (Å²) >= 11 is 0. The topological polar surface area (TPSA) is 59.9 Å². The van der Waals surface area contributed by atoms with Crippen LogP contribution in [0.15, 0.2) is 41.5 Å². The van der Waals surface area contributed by atoms with E-state index in [4.69, 9.17) is 9.47 Å². The molecule has 0 aliphatic carbocycles. The Labute approximate surface area is 141 Å². The highest BCUT2D eigenvalue weighted by Crippen LogP contribution is 2.30. The molecule has 1 aliphatic heterocycles. The van der Waals surface area contributed by atoms with Gasteiger partial charge in [0, 0.05) is 0 Å². The summed E-state index contributed by atoms with van der Waals surface area (Å²) in [6.07, 6.45) is 0.940. The standard InChI is InChI=1S/C19H20N2O3/c1-12-8-14(3)15(9-13(12)2)10-20-21-19(22)18-11-23-16-6-4-5-7-17(16)24-18/h4-10,18H,11H2,1-3H3,(H,21,22)/b20-10-/t18-/m0/s1. The van der Waals surface area contributed by atoms with E-state index in [2.05, 4.69) is 36.5 Å². The molecule has 5 nitrogen and oxygen atoms in total. The van der Waals surface area contributed by atoms with Crippen molar-refractivity contribution in [1.29, 1.82) is 0 Å². The Kier molecular flexibility index (Phi) is 4.51. The Morgan fingerprint density at radius 1 is 1.12 bits per heavy atom. The summed E-state index contributed by atoms with van der Waals surface area (Å²) in [6.45, 7) is 6.31. The molecule has 24 heavy (non-hydrogen) atoms. The lowest BCUT2D eigenvalue weighted by Crippen LogP contribution is -2.42. The summed E-state index contributed by atoms with van der Waals surface area (Å²) in [7, 11) is 0. The maximum atomic E-state index is 12.2. The van der Waals surface area contributed by atoms with Crippen LogP contribution in [0.4, 0.5) is 0 Å². The van der Waals surface area contributed by atoms with Gasteiger partial charge in [-0.05, 0) is 61.2 Å². The van der Waals surface area contributed by atoms with E-state index in [0.717, 1.165) is 11.1 Å². The number of fused-ring (bicyclic) bond motifs is 1. The quantitative estimate of drug-likeness (QED) is 0.697. The van der Waals surface area contributed by atoms with Crippen molar-refractivity contribution < 1.29 is 14.3 Å². The average molecular weight is 324 g/mol. The smallest absolute Gasteiger partial charge is 0.284 e. The maximum Gasteiger partial charge on any atom is 0.284 e. The zero-order valence-electron chi connectivity index (χ0n) is 14.0. The predicted molar refractivity (Wildman–Crippen MR) is 92.7 cm³/mol. The van der Waals surface area contributed by atoms with Crippen LogP contribution in [0.25, 0.3) is 0 Å². The van der Waals surface area contributed by atoms with E-state index in [1.165, 1.54) is 11.1 Å². The molecule has 0 saturated heterocycles. The number of carbonyl (C=O) groups is 1. The summed E-state index contributed by atoms with van der Waals surface area (Å²) in [5.41, 5.74) is 7.03. The molecule has 124 valence electrons. The SMILES string of the molecule is Cc1cc(C)c(/C=N\NC(=O)[C@@H]2COc3ccccc3O2)cc1C. The van der Waals surface area contributed by atoms with Crippen molar-refractivity contribution in [3.8, 4) is 11.5 Å². The van der Waals surface area contributed by atoms with Gasteiger partial charge >= 0.3 is 0 Å². The zero-order chi connectivity index (χ0) is 17.1. The van der Waals surface area contributed by atoms with E-state index >= 15 is 0 Å². The first-order chi connectivity index (χ1) is 11.5. The lowest BCUT2D eigenvalue weighted by Gasteiger charge is -2.24. The monoisotopic (exact) mass is 324 g/mol. The van der Waals surface area contributed by atoms with E-state index in [1.54, 1.807) is 12.3 Å². The Morgan fingerprint density at radius 2 is 1.83 bits per heavy atom. The zero-order valence-corrected chi connectivity index (χ0v) is 14.0. The van der Waals surface area contributed by atoms with Gasteiger partial charge in [0.25, 0.3) is 5.91 Å². The number of hydrazone groups is 1. The third-order valence-electron chi connectivity index (χ3n) is 4.06. The number of benzene rings is 2. The van der Waals surface area contributed by atoms with Gasteiger partial charge in [-0.15, -0.1) is 0 Å². The Hall–Kier alpha value is -2.82. The largest absolute Gasteiger partial charge is 0.485 e. The van der Waals surface area contributed by atoms with Gasteiger partial charge < -0.3 is 9.47 Å². The Bertz CT molecular complexity index is 799. The van der Waals surface area contributed by atoms with E-state index < -0.39 is 6.10 Å². The third kappa shape index (κ3) is 3.40. The molecule has 2 aromatic carbocycles. The Balaban J connectivity index is 1.63. The highest BCUT2D eigenvalue weighted by atomic mass is 16.6. The van der Waals surface area contributed by atoms with Crippen LogP contribution >= 0.6 is 0 Å². The highest BCUT2D eigenvalue weighted by Gasteiger charge is 2.26. The van der Waals surface area contributed by atoms with Gasteiger partial charge in [0.15, 0.2) is 11.5 Å². The van der Waals surface area contributed by atoms with Crippen LogP contribution in [0.1, 0.15) is 22.3 Å². The van der Waals surface area contributed by atoms with Gasteiger partial charge in [0.2, 0.25) is 6.10 Å². The lowest BCUT2D eigenvalue weighted by atomic mass is 10.0. The van der Waals surface area contributed by atoms with Crippen LogP contribution in [0.3, 0.4) is 0 Å². The second-order valence-electron chi connectivity index (χ2n) is 5.89. The minimum Gasteiger partial charge on any atom is -0.485 e. The van der Waals surface area contributed by atoms with Crippen LogP contribution in [-0.4, -0.2) is 24.8 Å². The number of aryl methyl sites for hydroxylation is 3. The van der Waals surface area contributed by atoms with Gasteiger partial charge in [-0.2, -0.15) is 5.10 Å². The molecule has 0 bridgehead atoms. The van der Waals surface area contributed by atoms with Crippen LogP contribution in [-0.2, 0) is 4.79 Å². The normalized spacial score (nSPS) is 16.2. The molecule has 0 fully saturated rings. The van der Waals surface area contributed by atoms with Gasteiger partial charge in [0.1, 0.15) is 6.61 Å². The van der Waals surface area contributed by atoms with Crippen molar-refractivity contribution in [2.45, 2.75) is 26.9 Å². The van der Waals surface area contributed by atoms with Crippen LogP contribution < -0.4 is 14.9 Å². The summed E-state index contributed by atoms with van der Waals surface area (Å²) in [4.78, 5) is 12.2. The van der Waals surface area contributed by atoms with Crippen molar-refractivity contribution in [2.75, 3.05) is 6.61 Å². The molecule has 1 atom stereocenters.